The van der Waals surface area contributed by atoms with Gasteiger partial charge in [-0.05, 0) is 19.1 Å². The Labute approximate surface area is 94.3 Å². The molecule has 0 spiro atoms. The van der Waals surface area contributed by atoms with Gasteiger partial charge in [0.15, 0.2) is 4.77 Å². The zero-order valence-electron chi connectivity index (χ0n) is 9.34. The van der Waals surface area contributed by atoms with Crippen LogP contribution in [0.4, 0.5) is 4.39 Å². The molecule has 0 aliphatic heterocycles. The van der Waals surface area contributed by atoms with Crippen LogP contribution in [-0.2, 0) is 11.3 Å². The van der Waals surface area contributed by atoms with Gasteiger partial charge < -0.3 is 14.3 Å². The minimum absolute atomic E-state index is 0.248. The summed E-state index contributed by atoms with van der Waals surface area (Å²) in [6.45, 7) is 4.55. The Kier molecular flexibility index (Phi) is 4.47. The number of imidazole rings is 1. The summed E-state index contributed by atoms with van der Waals surface area (Å²) in [7, 11) is 1.67. The molecule has 0 radical (unpaired) electrons. The molecule has 1 unspecified atom stereocenters. The Morgan fingerprint density at radius 2 is 2.27 bits per heavy atom. The number of nitrogens with one attached hydrogen (secondary N) is 1. The molecule has 0 fully saturated rings. The van der Waals surface area contributed by atoms with E-state index in [-0.39, 0.29) is 5.92 Å². The molecule has 1 N–H and O–H groups in total. The average molecular weight is 232 g/mol. The van der Waals surface area contributed by atoms with E-state index in [1.807, 2.05) is 6.92 Å². The molecule has 15 heavy (non-hydrogen) atoms. The van der Waals surface area contributed by atoms with Crippen molar-refractivity contribution in [3.05, 3.63) is 16.2 Å². The van der Waals surface area contributed by atoms with Crippen LogP contribution in [-0.4, -0.2) is 29.9 Å². The van der Waals surface area contributed by atoms with Crippen LogP contribution in [0.1, 0.15) is 24.2 Å². The van der Waals surface area contributed by atoms with Crippen LogP contribution < -0.4 is 0 Å². The Morgan fingerprint density at radius 1 is 1.60 bits per heavy atom. The Hall–Kier alpha value is -0.680. The summed E-state index contributed by atoms with van der Waals surface area (Å²) in [5.74, 6) is 0.248. The molecule has 1 atom stereocenters. The normalized spacial score (nSPS) is 13.1. The number of H-pyrrole nitrogens is 1. The monoisotopic (exact) mass is 232 g/mol. The van der Waals surface area contributed by atoms with E-state index in [1.54, 1.807) is 11.7 Å². The van der Waals surface area contributed by atoms with E-state index in [9.17, 15) is 4.39 Å². The van der Waals surface area contributed by atoms with E-state index < -0.39 is 6.67 Å². The zero-order valence-corrected chi connectivity index (χ0v) is 10.2. The standard InChI is InChI=1S/C10H17FN2OS/c1-7(6-14-3)9-8(2)13(5-4-11)10(15)12-9/h7H,4-6H2,1-3H3,(H,12,15). The topological polar surface area (TPSA) is 29.9 Å². The minimum atomic E-state index is -0.398. The summed E-state index contributed by atoms with van der Waals surface area (Å²) in [5, 5.41) is 0. The minimum Gasteiger partial charge on any atom is -0.384 e. The summed E-state index contributed by atoms with van der Waals surface area (Å²) in [5.41, 5.74) is 2.04. The number of rotatable bonds is 5. The lowest BCUT2D eigenvalue weighted by molar-refractivity contribution is 0.183. The number of halogens is 1. The Balaban J connectivity index is 3.00. The lowest BCUT2D eigenvalue weighted by atomic mass is 10.1. The number of hydrogen-bond donors (Lipinski definition) is 1. The van der Waals surface area contributed by atoms with Crippen molar-refractivity contribution < 1.29 is 9.13 Å². The molecule has 0 bridgehead atoms. The lowest BCUT2D eigenvalue weighted by Gasteiger charge is -2.10. The molecule has 1 rings (SSSR count). The first-order valence-corrected chi connectivity index (χ1v) is 5.36. The van der Waals surface area contributed by atoms with Crippen molar-refractivity contribution in [1.82, 2.24) is 9.55 Å². The van der Waals surface area contributed by atoms with Crippen molar-refractivity contribution >= 4 is 12.2 Å². The molecular weight excluding hydrogens is 215 g/mol. The molecule has 1 aromatic rings. The van der Waals surface area contributed by atoms with Crippen LogP contribution in [0, 0.1) is 11.7 Å². The molecule has 5 heteroatoms. The first-order valence-electron chi connectivity index (χ1n) is 4.96. The Morgan fingerprint density at radius 3 is 2.80 bits per heavy atom. The highest BCUT2D eigenvalue weighted by atomic mass is 32.1. The van der Waals surface area contributed by atoms with E-state index in [4.69, 9.17) is 17.0 Å². The fraction of sp³-hybridized carbons (Fsp3) is 0.700. The highest BCUT2D eigenvalue weighted by Gasteiger charge is 2.13. The van der Waals surface area contributed by atoms with Crippen LogP contribution in [0.25, 0.3) is 0 Å². The zero-order chi connectivity index (χ0) is 11.4. The van der Waals surface area contributed by atoms with E-state index in [0.29, 0.717) is 17.9 Å². The highest BCUT2D eigenvalue weighted by Crippen LogP contribution is 2.18. The van der Waals surface area contributed by atoms with Crippen molar-refractivity contribution in [1.29, 1.82) is 0 Å². The van der Waals surface area contributed by atoms with Gasteiger partial charge in [-0.15, -0.1) is 0 Å². The predicted octanol–water partition coefficient (Wildman–Crippen LogP) is 2.57. The lowest BCUT2D eigenvalue weighted by Crippen LogP contribution is -2.06. The van der Waals surface area contributed by atoms with Crippen LogP contribution in [0.3, 0.4) is 0 Å². The van der Waals surface area contributed by atoms with Crippen molar-refractivity contribution in [2.45, 2.75) is 26.3 Å². The van der Waals surface area contributed by atoms with Crippen LogP contribution >= 0.6 is 12.2 Å². The van der Waals surface area contributed by atoms with Crippen LogP contribution in [0.2, 0.25) is 0 Å². The van der Waals surface area contributed by atoms with Crippen molar-refractivity contribution in [2.75, 3.05) is 20.4 Å². The van der Waals surface area contributed by atoms with Crippen molar-refractivity contribution in [3.63, 3.8) is 0 Å². The molecular formula is C10H17FN2OS. The quantitative estimate of drug-likeness (QED) is 0.791. The molecule has 1 aromatic heterocycles. The second-order valence-electron chi connectivity index (χ2n) is 3.63. The number of hydrogen-bond acceptors (Lipinski definition) is 2. The molecule has 0 aromatic carbocycles. The number of nitrogens with zero attached hydrogens (tertiary/aromatic N) is 1. The van der Waals surface area contributed by atoms with E-state index in [0.717, 1.165) is 11.4 Å². The summed E-state index contributed by atoms with van der Waals surface area (Å²) < 4.78 is 19.8. The fourth-order valence-electron chi connectivity index (χ4n) is 1.74. The van der Waals surface area contributed by atoms with Crippen LogP contribution in [0.5, 0.6) is 0 Å². The van der Waals surface area contributed by atoms with Gasteiger partial charge in [0.25, 0.3) is 0 Å². The van der Waals surface area contributed by atoms with Gasteiger partial charge in [0.1, 0.15) is 6.67 Å². The number of ether oxygens (including phenoxy) is 1. The number of methoxy groups -OCH3 is 1. The SMILES string of the molecule is COCC(C)c1[nH]c(=S)n(CCF)c1C. The van der Waals surface area contributed by atoms with Gasteiger partial charge in [-0.25, -0.2) is 4.39 Å². The first-order chi connectivity index (χ1) is 7.11. The first kappa shape index (κ1) is 12.4. The van der Waals surface area contributed by atoms with Crippen molar-refractivity contribution in [2.24, 2.45) is 0 Å². The molecule has 0 saturated carbocycles. The summed E-state index contributed by atoms with van der Waals surface area (Å²) >= 11 is 5.13. The third-order valence-corrected chi connectivity index (χ3v) is 2.82. The van der Waals surface area contributed by atoms with E-state index >= 15 is 0 Å². The summed E-state index contributed by atoms with van der Waals surface area (Å²) in [6.07, 6.45) is 0. The molecule has 1 heterocycles. The third kappa shape index (κ3) is 2.66. The van der Waals surface area contributed by atoms with Crippen LogP contribution in [0.15, 0.2) is 0 Å². The van der Waals surface area contributed by atoms with Gasteiger partial charge in [0.05, 0.1) is 13.2 Å². The van der Waals surface area contributed by atoms with Gasteiger partial charge in [-0.3, -0.25) is 0 Å². The molecule has 0 amide bonds. The van der Waals surface area contributed by atoms with Crippen molar-refractivity contribution in [3.8, 4) is 0 Å². The fourth-order valence-corrected chi connectivity index (χ4v) is 2.08. The van der Waals surface area contributed by atoms with Gasteiger partial charge in [0, 0.05) is 24.4 Å². The van der Waals surface area contributed by atoms with Gasteiger partial charge in [0.2, 0.25) is 0 Å². The van der Waals surface area contributed by atoms with Gasteiger partial charge in [-0.1, -0.05) is 6.92 Å². The summed E-state index contributed by atoms with van der Waals surface area (Å²) in [6, 6.07) is 0. The largest absolute Gasteiger partial charge is 0.384 e. The summed E-state index contributed by atoms with van der Waals surface area (Å²) in [4.78, 5) is 3.11. The number of alkyl halides is 1. The predicted molar refractivity (Wildman–Crippen MR) is 60.6 cm³/mol. The van der Waals surface area contributed by atoms with E-state index in [1.165, 1.54) is 0 Å². The van der Waals surface area contributed by atoms with E-state index in [2.05, 4.69) is 11.9 Å². The Bertz CT molecular complexity index is 372. The molecule has 0 aliphatic rings. The second kappa shape index (κ2) is 5.42. The number of aromatic amines is 1. The maximum Gasteiger partial charge on any atom is 0.177 e. The highest BCUT2D eigenvalue weighted by molar-refractivity contribution is 7.71. The number of aromatic nitrogens is 2. The van der Waals surface area contributed by atoms with Gasteiger partial charge in [-0.2, -0.15) is 0 Å². The average Bonchev–Trinajstić information content (AvgIpc) is 2.47. The molecule has 0 aliphatic carbocycles. The second-order valence-corrected chi connectivity index (χ2v) is 4.01. The third-order valence-electron chi connectivity index (χ3n) is 2.50. The molecule has 3 nitrogen and oxygen atoms in total. The molecule has 86 valence electrons. The van der Waals surface area contributed by atoms with Gasteiger partial charge >= 0.3 is 0 Å². The smallest absolute Gasteiger partial charge is 0.177 e. The maximum atomic E-state index is 12.3. The maximum absolute atomic E-state index is 12.3. The molecule has 0 saturated heterocycles.